The molecule has 2 rings (SSSR count). The maximum absolute atomic E-state index is 12.6. The van der Waals surface area contributed by atoms with Gasteiger partial charge in [-0.05, 0) is 67.1 Å². The first-order valence-corrected chi connectivity index (χ1v) is 9.04. The number of amides is 2. The van der Waals surface area contributed by atoms with Gasteiger partial charge in [-0.1, -0.05) is 0 Å². The van der Waals surface area contributed by atoms with Gasteiger partial charge in [0.2, 0.25) is 0 Å². The Morgan fingerprint density at radius 1 is 1.20 bits per heavy atom. The third-order valence-corrected chi connectivity index (χ3v) is 4.09. The zero-order valence-corrected chi connectivity index (χ0v) is 16.1. The predicted octanol–water partition coefficient (Wildman–Crippen LogP) is 1.43. The molecule has 25 heavy (non-hydrogen) atoms. The normalized spacial score (nSPS) is 14.3. The summed E-state index contributed by atoms with van der Waals surface area (Å²) in [5.41, 5.74) is 0.950. The Balaban J connectivity index is 2.15. The summed E-state index contributed by atoms with van der Waals surface area (Å²) in [7, 11) is 4.02. The first-order valence-electron chi connectivity index (χ1n) is 9.04. The molecule has 7 nitrogen and oxygen atoms in total. The lowest BCUT2D eigenvalue weighted by molar-refractivity contribution is 0.0903. The Labute approximate surface area is 150 Å². The van der Waals surface area contributed by atoms with Crippen molar-refractivity contribution < 1.29 is 9.59 Å². The summed E-state index contributed by atoms with van der Waals surface area (Å²) in [5, 5.41) is 5.87. The Hall–Kier alpha value is -1.89. The van der Waals surface area contributed by atoms with Gasteiger partial charge in [0.1, 0.15) is 5.69 Å². The Morgan fingerprint density at radius 3 is 2.56 bits per heavy atom. The second-order valence-electron chi connectivity index (χ2n) is 7.96. The van der Waals surface area contributed by atoms with E-state index in [0.29, 0.717) is 18.1 Å². The summed E-state index contributed by atoms with van der Waals surface area (Å²) in [6.07, 6.45) is 3.69. The third kappa shape index (κ3) is 5.29. The van der Waals surface area contributed by atoms with Crippen LogP contribution >= 0.6 is 0 Å². The van der Waals surface area contributed by atoms with Crippen molar-refractivity contribution in [3.05, 3.63) is 17.2 Å². The van der Waals surface area contributed by atoms with Gasteiger partial charge in [-0.25, -0.2) is 4.98 Å². The number of hydrogen-bond acceptors (Lipinski definition) is 4. The number of fused-ring (bicyclic) bond motifs is 1. The summed E-state index contributed by atoms with van der Waals surface area (Å²) < 4.78 is 1.92. The van der Waals surface area contributed by atoms with Crippen LogP contribution in [-0.2, 0) is 13.0 Å². The topological polar surface area (TPSA) is 79.3 Å². The molecule has 1 aliphatic rings. The molecule has 2 heterocycles. The number of hydrogen-bond donors (Lipinski definition) is 2. The van der Waals surface area contributed by atoms with Crippen molar-refractivity contribution >= 4 is 11.8 Å². The SMILES string of the molecule is CN(C)CCCNC(=O)c1nc(C(=O)NC(C)(C)C)n2c1CCCC2. The summed E-state index contributed by atoms with van der Waals surface area (Å²) in [4.78, 5) is 31.6. The molecule has 140 valence electrons. The van der Waals surface area contributed by atoms with Crippen LogP contribution in [-0.4, -0.2) is 59.0 Å². The van der Waals surface area contributed by atoms with Gasteiger partial charge >= 0.3 is 0 Å². The fourth-order valence-corrected chi connectivity index (χ4v) is 2.98. The minimum Gasteiger partial charge on any atom is -0.351 e. The smallest absolute Gasteiger partial charge is 0.287 e. The van der Waals surface area contributed by atoms with E-state index in [1.165, 1.54) is 0 Å². The molecule has 0 bridgehead atoms. The Kier molecular flexibility index (Phi) is 6.21. The van der Waals surface area contributed by atoms with Gasteiger partial charge < -0.3 is 20.1 Å². The summed E-state index contributed by atoms with van der Waals surface area (Å²) >= 11 is 0. The van der Waals surface area contributed by atoms with Gasteiger partial charge in [0.05, 0.1) is 5.69 Å². The third-order valence-electron chi connectivity index (χ3n) is 4.09. The lowest BCUT2D eigenvalue weighted by Crippen LogP contribution is -2.42. The number of rotatable bonds is 6. The van der Waals surface area contributed by atoms with Crippen molar-refractivity contribution in [1.29, 1.82) is 0 Å². The molecule has 0 saturated carbocycles. The van der Waals surface area contributed by atoms with E-state index in [1.54, 1.807) is 0 Å². The van der Waals surface area contributed by atoms with Crippen molar-refractivity contribution in [1.82, 2.24) is 25.1 Å². The molecule has 0 aromatic carbocycles. The van der Waals surface area contributed by atoms with Crippen molar-refractivity contribution in [2.75, 3.05) is 27.2 Å². The van der Waals surface area contributed by atoms with E-state index >= 15 is 0 Å². The lowest BCUT2D eigenvalue weighted by Gasteiger charge is -2.22. The predicted molar refractivity (Wildman–Crippen MR) is 97.9 cm³/mol. The highest BCUT2D eigenvalue weighted by Crippen LogP contribution is 2.21. The van der Waals surface area contributed by atoms with Gasteiger partial charge in [0.15, 0.2) is 5.82 Å². The number of aromatic nitrogens is 2. The first kappa shape index (κ1) is 19.4. The number of nitrogens with zero attached hydrogens (tertiary/aromatic N) is 3. The van der Waals surface area contributed by atoms with E-state index < -0.39 is 0 Å². The molecule has 2 N–H and O–H groups in total. The van der Waals surface area contributed by atoms with Crippen LogP contribution in [0.5, 0.6) is 0 Å². The van der Waals surface area contributed by atoms with Crippen LogP contribution in [0.1, 0.15) is 66.8 Å². The quantitative estimate of drug-likeness (QED) is 0.762. The van der Waals surface area contributed by atoms with Crippen LogP contribution in [0.15, 0.2) is 0 Å². The van der Waals surface area contributed by atoms with Crippen LogP contribution in [0.25, 0.3) is 0 Å². The van der Waals surface area contributed by atoms with Crippen molar-refractivity contribution in [3.63, 3.8) is 0 Å². The van der Waals surface area contributed by atoms with Crippen molar-refractivity contribution in [2.24, 2.45) is 0 Å². The summed E-state index contributed by atoms with van der Waals surface area (Å²) in [6.45, 7) is 8.06. The molecule has 0 atom stereocenters. The molecule has 0 aliphatic carbocycles. The van der Waals surface area contributed by atoms with E-state index in [9.17, 15) is 9.59 Å². The van der Waals surface area contributed by atoms with E-state index in [2.05, 4.69) is 20.5 Å². The average Bonchev–Trinajstić information content (AvgIpc) is 2.89. The van der Waals surface area contributed by atoms with E-state index in [0.717, 1.165) is 44.5 Å². The van der Waals surface area contributed by atoms with Crippen LogP contribution in [0.3, 0.4) is 0 Å². The maximum Gasteiger partial charge on any atom is 0.287 e. The zero-order valence-electron chi connectivity index (χ0n) is 16.1. The minimum atomic E-state index is -0.341. The molecule has 0 radical (unpaired) electrons. The van der Waals surface area contributed by atoms with Gasteiger partial charge in [0.25, 0.3) is 11.8 Å². The molecular weight excluding hydrogens is 318 g/mol. The second-order valence-corrected chi connectivity index (χ2v) is 7.96. The second kappa shape index (κ2) is 7.99. The molecule has 2 amide bonds. The van der Waals surface area contributed by atoms with Gasteiger partial charge in [0, 0.05) is 18.6 Å². The van der Waals surface area contributed by atoms with E-state index in [1.807, 2.05) is 39.4 Å². The minimum absolute atomic E-state index is 0.181. The number of nitrogens with one attached hydrogen (secondary N) is 2. The highest BCUT2D eigenvalue weighted by Gasteiger charge is 2.28. The molecule has 0 fully saturated rings. The van der Waals surface area contributed by atoms with Crippen molar-refractivity contribution in [3.8, 4) is 0 Å². The van der Waals surface area contributed by atoms with E-state index in [4.69, 9.17) is 0 Å². The van der Waals surface area contributed by atoms with Crippen LogP contribution in [0.4, 0.5) is 0 Å². The molecule has 1 aromatic heterocycles. The van der Waals surface area contributed by atoms with Gasteiger partial charge in [-0.15, -0.1) is 0 Å². The fourth-order valence-electron chi connectivity index (χ4n) is 2.98. The monoisotopic (exact) mass is 349 g/mol. The lowest BCUT2D eigenvalue weighted by atomic mass is 10.1. The van der Waals surface area contributed by atoms with Crippen LogP contribution in [0, 0.1) is 0 Å². The van der Waals surface area contributed by atoms with Gasteiger partial charge in [-0.3, -0.25) is 9.59 Å². The first-order chi connectivity index (χ1) is 11.7. The largest absolute Gasteiger partial charge is 0.351 e. The summed E-state index contributed by atoms with van der Waals surface area (Å²) in [6, 6.07) is 0. The highest BCUT2D eigenvalue weighted by molar-refractivity contribution is 5.97. The van der Waals surface area contributed by atoms with Crippen LogP contribution in [0.2, 0.25) is 0 Å². The standard InChI is InChI=1S/C18H31N5O2/c1-18(2,3)21-17(25)15-20-14(13-9-6-7-12-23(13)15)16(24)19-10-8-11-22(4)5/h6-12H2,1-5H3,(H,19,24)(H,21,25). The Bertz CT molecular complexity index is 628. The molecular formula is C18H31N5O2. The number of carbonyl (C=O) groups excluding carboxylic acids is 2. The maximum atomic E-state index is 12.6. The molecule has 0 saturated heterocycles. The summed E-state index contributed by atoms with van der Waals surface area (Å²) in [5.74, 6) is -0.0513. The fraction of sp³-hybridized carbons (Fsp3) is 0.722. The molecule has 7 heteroatoms. The molecule has 0 spiro atoms. The highest BCUT2D eigenvalue weighted by atomic mass is 16.2. The zero-order chi connectivity index (χ0) is 18.6. The molecule has 0 unspecified atom stereocenters. The van der Waals surface area contributed by atoms with E-state index in [-0.39, 0.29) is 17.4 Å². The average molecular weight is 349 g/mol. The number of imidazole rings is 1. The molecule has 1 aliphatic heterocycles. The molecule has 1 aromatic rings. The van der Waals surface area contributed by atoms with Gasteiger partial charge in [-0.2, -0.15) is 0 Å². The van der Waals surface area contributed by atoms with Crippen molar-refractivity contribution in [2.45, 2.75) is 58.5 Å². The Morgan fingerprint density at radius 2 is 1.92 bits per heavy atom. The van der Waals surface area contributed by atoms with Crippen LogP contribution < -0.4 is 10.6 Å². The number of carbonyl (C=O) groups is 2.